The molecule has 1 N–H and O–H groups in total. The van der Waals surface area contributed by atoms with Gasteiger partial charge >= 0.3 is 0 Å². The number of aryl methyl sites for hydroxylation is 1. The fourth-order valence-corrected chi connectivity index (χ4v) is 3.05. The normalized spacial score (nSPS) is 11.1. The minimum absolute atomic E-state index is 0.590. The second kappa shape index (κ2) is 6.39. The number of anilines is 1. The number of nitrogens with one attached hydrogen (secondary N) is 1. The van der Waals surface area contributed by atoms with Gasteiger partial charge in [0, 0.05) is 24.6 Å². The molecular formula is C19H19N5O. The Kier molecular flexibility index (Phi) is 3.93. The Morgan fingerprint density at radius 1 is 1.12 bits per heavy atom. The number of furan rings is 1. The molecule has 4 aromatic heterocycles. The van der Waals surface area contributed by atoms with E-state index >= 15 is 0 Å². The zero-order valence-electron chi connectivity index (χ0n) is 14.2. The molecule has 0 radical (unpaired) electrons. The van der Waals surface area contributed by atoms with Crippen LogP contribution < -0.4 is 5.32 Å². The quantitative estimate of drug-likeness (QED) is 0.603. The third-order valence-corrected chi connectivity index (χ3v) is 4.51. The van der Waals surface area contributed by atoms with Crippen LogP contribution >= 0.6 is 0 Å². The largest absolute Gasteiger partial charge is 0.467 e. The van der Waals surface area contributed by atoms with Crippen LogP contribution in [0, 0.1) is 13.8 Å². The van der Waals surface area contributed by atoms with E-state index < -0.39 is 0 Å². The summed E-state index contributed by atoms with van der Waals surface area (Å²) < 4.78 is 7.61. The van der Waals surface area contributed by atoms with E-state index in [4.69, 9.17) is 4.42 Å². The first-order valence-electron chi connectivity index (χ1n) is 8.19. The van der Waals surface area contributed by atoms with Gasteiger partial charge in [0.2, 0.25) is 0 Å². The Morgan fingerprint density at radius 3 is 2.72 bits per heavy atom. The van der Waals surface area contributed by atoms with Crippen LogP contribution in [0.1, 0.15) is 22.6 Å². The minimum Gasteiger partial charge on any atom is -0.467 e. The molecule has 25 heavy (non-hydrogen) atoms. The fraction of sp³-hybridized carbons (Fsp3) is 0.211. The van der Waals surface area contributed by atoms with E-state index in [9.17, 15) is 0 Å². The van der Waals surface area contributed by atoms with E-state index in [0.717, 1.165) is 29.2 Å². The summed E-state index contributed by atoms with van der Waals surface area (Å²) in [5.74, 6) is 1.70. The van der Waals surface area contributed by atoms with E-state index in [1.807, 2.05) is 36.7 Å². The second-order valence-electron chi connectivity index (χ2n) is 6.01. The van der Waals surface area contributed by atoms with E-state index in [1.54, 1.807) is 12.6 Å². The van der Waals surface area contributed by atoms with Gasteiger partial charge in [-0.05, 0) is 49.2 Å². The van der Waals surface area contributed by atoms with Crippen molar-refractivity contribution in [2.75, 3.05) is 5.32 Å². The highest BCUT2D eigenvalue weighted by Crippen LogP contribution is 2.29. The zero-order valence-corrected chi connectivity index (χ0v) is 14.2. The lowest BCUT2D eigenvalue weighted by Gasteiger charge is -2.08. The predicted molar refractivity (Wildman–Crippen MR) is 96.4 cm³/mol. The van der Waals surface area contributed by atoms with Crippen molar-refractivity contribution in [2.24, 2.45) is 0 Å². The molecule has 0 saturated carbocycles. The number of hydrogen-bond donors (Lipinski definition) is 1. The molecule has 0 unspecified atom stereocenters. The highest BCUT2D eigenvalue weighted by molar-refractivity contribution is 5.91. The number of fused-ring (bicyclic) bond motifs is 1. The summed E-state index contributed by atoms with van der Waals surface area (Å²) in [7, 11) is 0. The van der Waals surface area contributed by atoms with Crippen LogP contribution in [-0.2, 0) is 13.1 Å². The Labute approximate surface area is 145 Å². The molecule has 0 aromatic carbocycles. The molecule has 4 aromatic rings. The number of nitrogens with zero attached hydrogens (tertiary/aromatic N) is 4. The van der Waals surface area contributed by atoms with Gasteiger partial charge < -0.3 is 14.3 Å². The summed E-state index contributed by atoms with van der Waals surface area (Å²) in [5.41, 5.74) is 4.50. The highest BCUT2D eigenvalue weighted by atomic mass is 16.3. The van der Waals surface area contributed by atoms with Gasteiger partial charge in [0.05, 0.1) is 18.2 Å². The van der Waals surface area contributed by atoms with E-state index in [0.29, 0.717) is 6.54 Å². The van der Waals surface area contributed by atoms with Gasteiger partial charge in [-0.3, -0.25) is 4.98 Å². The average Bonchev–Trinajstić information content (AvgIpc) is 3.24. The molecule has 4 heterocycles. The van der Waals surface area contributed by atoms with Crippen molar-refractivity contribution in [2.45, 2.75) is 26.9 Å². The molecule has 0 spiro atoms. The van der Waals surface area contributed by atoms with Crippen LogP contribution in [0.5, 0.6) is 0 Å². The van der Waals surface area contributed by atoms with Gasteiger partial charge in [0.1, 0.15) is 23.6 Å². The van der Waals surface area contributed by atoms with Crippen molar-refractivity contribution in [3.05, 3.63) is 71.8 Å². The number of rotatable bonds is 5. The first-order valence-corrected chi connectivity index (χ1v) is 8.19. The van der Waals surface area contributed by atoms with Crippen LogP contribution in [0.2, 0.25) is 0 Å². The predicted octanol–water partition coefficient (Wildman–Crippen LogP) is 3.70. The molecule has 0 aliphatic rings. The maximum atomic E-state index is 5.39. The van der Waals surface area contributed by atoms with Crippen LogP contribution in [0.3, 0.4) is 0 Å². The lowest BCUT2D eigenvalue weighted by atomic mass is 10.2. The molecule has 0 aliphatic carbocycles. The molecule has 0 aliphatic heterocycles. The van der Waals surface area contributed by atoms with Crippen molar-refractivity contribution in [1.29, 1.82) is 0 Å². The summed E-state index contributed by atoms with van der Waals surface area (Å²) in [4.78, 5) is 13.1. The van der Waals surface area contributed by atoms with Crippen molar-refractivity contribution >= 4 is 16.9 Å². The summed E-state index contributed by atoms with van der Waals surface area (Å²) >= 11 is 0. The van der Waals surface area contributed by atoms with Crippen molar-refractivity contribution in [3.63, 3.8) is 0 Å². The van der Waals surface area contributed by atoms with Gasteiger partial charge in [-0.2, -0.15) is 0 Å². The van der Waals surface area contributed by atoms with Crippen LogP contribution in [0.15, 0.2) is 53.7 Å². The van der Waals surface area contributed by atoms with Gasteiger partial charge in [0.15, 0.2) is 0 Å². The van der Waals surface area contributed by atoms with Crippen molar-refractivity contribution in [1.82, 2.24) is 19.5 Å². The van der Waals surface area contributed by atoms with Gasteiger partial charge in [0.25, 0.3) is 0 Å². The van der Waals surface area contributed by atoms with Gasteiger partial charge in [-0.25, -0.2) is 9.97 Å². The highest BCUT2D eigenvalue weighted by Gasteiger charge is 2.16. The maximum absolute atomic E-state index is 5.39. The Bertz CT molecular complexity index is 990. The topological polar surface area (TPSA) is 68.8 Å². The standard InChI is InChI=1S/C19H19N5O/c1-13-14(2)24(11-15-5-7-20-8-6-15)19-17(13)18(22-12-23-19)21-10-16-4-3-9-25-16/h3-9,12H,10-11H2,1-2H3,(H,21,22,23). The second-order valence-corrected chi connectivity index (χ2v) is 6.01. The summed E-state index contributed by atoms with van der Waals surface area (Å²) in [6, 6.07) is 7.88. The number of pyridine rings is 1. The molecule has 0 bridgehead atoms. The number of hydrogen-bond acceptors (Lipinski definition) is 5. The zero-order chi connectivity index (χ0) is 17.2. The van der Waals surface area contributed by atoms with E-state index in [-0.39, 0.29) is 0 Å². The molecule has 6 heteroatoms. The Balaban J connectivity index is 1.73. The summed E-state index contributed by atoms with van der Waals surface area (Å²) in [5, 5.41) is 4.42. The van der Waals surface area contributed by atoms with Gasteiger partial charge in [-0.15, -0.1) is 0 Å². The van der Waals surface area contributed by atoms with Crippen LogP contribution in [0.4, 0.5) is 5.82 Å². The Morgan fingerprint density at radius 2 is 1.96 bits per heavy atom. The van der Waals surface area contributed by atoms with E-state index in [1.165, 1.54) is 16.8 Å². The summed E-state index contributed by atoms with van der Waals surface area (Å²) in [6.07, 6.45) is 6.91. The lowest BCUT2D eigenvalue weighted by molar-refractivity contribution is 0.518. The first kappa shape index (κ1) is 15.4. The minimum atomic E-state index is 0.590. The third kappa shape index (κ3) is 2.87. The number of aromatic nitrogens is 4. The molecular weight excluding hydrogens is 314 g/mol. The molecule has 0 atom stereocenters. The van der Waals surface area contributed by atoms with Crippen LogP contribution in [-0.4, -0.2) is 19.5 Å². The Hall–Kier alpha value is -3.15. The maximum Gasteiger partial charge on any atom is 0.146 e. The lowest BCUT2D eigenvalue weighted by Crippen LogP contribution is -2.04. The van der Waals surface area contributed by atoms with Crippen molar-refractivity contribution < 1.29 is 4.42 Å². The first-order chi connectivity index (χ1) is 12.2. The molecule has 126 valence electrons. The van der Waals surface area contributed by atoms with Crippen molar-refractivity contribution in [3.8, 4) is 0 Å². The molecule has 0 amide bonds. The summed E-state index contributed by atoms with van der Waals surface area (Å²) in [6.45, 7) is 5.58. The molecule has 0 saturated heterocycles. The molecule has 4 rings (SSSR count). The third-order valence-electron chi connectivity index (χ3n) is 4.51. The fourth-order valence-electron chi connectivity index (χ4n) is 3.05. The van der Waals surface area contributed by atoms with Crippen LogP contribution in [0.25, 0.3) is 11.0 Å². The average molecular weight is 333 g/mol. The smallest absolute Gasteiger partial charge is 0.146 e. The SMILES string of the molecule is Cc1c(C)n(Cc2ccncc2)c2ncnc(NCc3ccco3)c12. The van der Waals surface area contributed by atoms with E-state index in [2.05, 4.69) is 38.7 Å². The monoisotopic (exact) mass is 333 g/mol. The molecule has 6 nitrogen and oxygen atoms in total. The molecule has 0 fully saturated rings. The van der Waals surface area contributed by atoms with Gasteiger partial charge in [-0.1, -0.05) is 0 Å².